The average Bonchev–Trinajstić information content (AvgIpc) is 3.15. The summed E-state index contributed by atoms with van der Waals surface area (Å²) in [5.41, 5.74) is 0.0569. The number of alkyl halides is 3. The van der Waals surface area contributed by atoms with Crippen molar-refractivity contribution < 1.29 is 22.8 Å². The van der Waals surface area contributed by atoms with Crippen molar-refractivity contribution in [2.45, 2.75) is 6.18 Å². The Morgan fingerprint density at radius 3 is 2.36 bits per heavy atom. The lowest BCUT2D eigenvalue weighted by molar-refractivity contribution is -0.138. The Bertz CT molecular complexity index is 865. The number of carbonyl (C=O) groups is 1. The molecule has 0 atom stereocenters. The summed E-state index contributed by atoms with van der Waals surface area (Å²) in [7, 11) is 3.81. The molecule has 4 nitrogen and oxygen atoms in total. The predicted molar refractivity (Wildman–Crippen MR) is 90.7 cm³/mol. The van der Waals surface area contributed by atoms with Crippen LogP contribution in [0.4, 0.5) is 18.2 Å². The van der Waals surface area contributed by atoms with Crippen LogP contribution >= 0.6 is 11.3 Å². The first kappa shape index (κ1) is 17.2. The fraction of sp³-hybridized carbons (Fsp3) is 0.176. The number of oxime groups is 1. The smallest absolute Gasteiger partial charge is 0.370 e. The Kier molecular flexibility index (Phi) is 4.38. The Morgan fingerprint density at radius 2 is 1.80 bits per heavy atom. The molecule has 1 aliphatic rings. The highest BCUT2D eigenvalue weighted by atomic mass is 32.1. The van der Waals surface area contributed by atoms with E-state index in [2.05, 4.69) is 5.16 Å². The summed E-state index contributed by atoms with van der Waals surface area (Å²) >= 11 is 1.47. The summed E-state index contributed by atoms with van der Waals surface area (Å²) in [4.78, 5) is 19.4. The molecule has 0 amide bonds. The van der Waals surface area contributed by atoms with E-state index < -0.39 is 17.7 Å². The van der Waals surface area contributed by atoms with Gasteiger partial charge >= 0.3 is 12.1 Å². The minimum atomic E-state index is -4.42. The number of rotatable bonds is 3. The van der Waals surface area contributed by atoms with Gasteiger partial charge in [0.1, 0.15) is 5.71 Å². The first-order valence-electron chi connectivity index (χ1n) is 7.22. The highest BCUT2D eigenvalue weighted by Gasteiger charge is 2.31. The van der Waals surface area contributed by atoms with Crippen molar-refractivity contribution in [1.82, 2.24) is 0 Å². The van der Waals surface area contributed by atoms with Gasteiger partial charge in [0.05, 0.1) is 16.1 Å². The molecule has 0 N–H and O–H groups in total. The van der Waals surface area contributed by atoms with Crippen LogP contribution in [-0.4, -0.2) is 25.8 Å². The standard InChI is InChI=1S/C17H13F3N2O2S/c1-22(2)14-8-7-12(25-14)9-13-15(21-24-16(13)23)10-3-5-11(6-4-10)17(18,19)20/h3-9H,1-2H3. The van der Waals surface area contributed by atoms with Crippen LogP contribution in [0.15, 0.2) is 47.1 Å². The zero-order valence-corrected chi connectivity index (χ0v) is 14.1. The largest absolute Gasteiger partial charge is 0.416 e. The monoisotopic (exact) mass is 366 g/mol. The van der Waals surface area contributed by atoms with Gasteiger partial charge in [0.25, 0.3) is 0 Å². The van der Waals surface area contributed by atoms with Crippen molar-refractivity contribution in [3.63, 3.8) is 0 Å². The van der Waals surface area contributed by atoms with Crippen molar-refractivity contribution in [1.29, 1.82) is 0 Å². The van der Waals surface area contributed by atoms with Gasteiger partial charge in [-0.2, -0.15) is 13.2 Å². The minimum Gasteiger partial charge on any atom is -0.370 e. The van der Waals surface area contributed by atoms with Crippen LogP contribution in [0.3, 0.4) is 0 Å². The van der Waals surface area contributed by atoms with Crippen molar-refractivity contribution >= 4 is 34.1 Å². The van der Waals surface area contributed by atoms with E-state index in [4.69, 9.17) is 4.84 Å². The number of thiophene rings is 1. The number of benzene rings is 1. The second-order valence-electron chi connectivity index (χ2n) is 5.52. The highest BCUT2D eigenvalue weighted by molar-refractivity contribution is 7.17. The molecular weight excluding hydrogens is 353 g/mol. The molecule has 0 spiro atoms. The molecule has 0 radical (unpaired) electrons. The van der Waals surface area contributed by atoms with Gasteiger partial charge in [-0.25, -0.2) is 4.79 Å². The lowest BCUT2D eigenvalue weighted by Crippen LogP contribution is -2.08. The van der Waals surface area contributed by atoms with Crippen LogP contribution in [0.25, 0.3) is 6.08 Å². The van der Waals surface area contributed by atoms with Crippen molar-refractivity contribution in [2.75, 3.05) is 19.0 Å². The van der Waals surface area contributed by atoms with Crippen LogP contribution in [0.2, 0.25) is 0 Å². The van der Waals surface area contributed by atoms with Crippen LogP contribution in [0, 0.1) is 0 Å². The van der Waals surface area contributed by atoms with E-state index in [0.717, 1.165) is 22.0 Å². The summed E-state index contributed by atoms with van der Waals surface area (Å²) in [5, 5.41) is 4.72. The van der Waals surface area contributed by atoms with Crippen molar-refractivity contribution in [3.05, 3.63) is 58.0 Å². The summed E-state index contributed by atoms with van der Waals surface area (Å²) in [6.07, 6.45) is -2.79. The van der Waals surface area contributed by atoms with E-state index in [0.29, 0.717) is 5.56 Å². The Labute approximate surface area is 145 Å². The number of hydrogen-bond acceptors (Lipinski definition) is 5. The Morgan fingerprint density at radius 1 is 1.12 bits per heavy atom. The maximum absolute atomic E-state index is 12.7. The van der Waals surface area contributed by atoms with Gasteiger partial charge < -0.3 is 9.74 Å². The topological polar surface area (TPSA) is 41.9 Å². The SMILES string of the molecule is CN(C)c1ccc(C=C2C(=O)ON=C2c2ccc(C(F)(F)F)cc2)s1. The number of anilines is 1. The maximum Gasteiger partial charge on any atom is 0.416 e. The molecule has 1 aromatic carbocycles. The highest BCUT2D eigenvalue weighted by Crippen LogP contribution is 2.31. The van der Waals surface area contributed by atoms with E-state index in [1.165, 1.54) is 23.5 Å². The van der Waals surface area contributed by atoms with Gasteiger partial charge in [0.2, 0.25) is 0 Å². The molecule has 0 bridgehead atoms. The molecule has 0 fully saturated rings. The maximum atomic E-state index is 12.7. The van der Waals surface area contributed by atoms with E-state index in [1.807, 2.05) is 31.1 Å². The minimum absolute atomic E-state index is 0.215. The summed E-state index contributed by atoms with van der Waals surface area (Å²) < 4.78 is 38.0. The van der Waals surface area contributed by atoms with E-state index >= 15 is 0 Å². The fourth-order valence-corrected chi connectivity index (χ4v) is 3.11. The van der Waals surface area contributed by atoms with Gasteiger partial charge in [-0.15, -0.1) is 11.3 Å². The third-order valence-electron chi connectivity index (χ3n) is 3.52. The number of nitrogens with zero attached hydrogens (tertiary/aromatic N) is 2. The lowest BCUT2D eigenvalue weighted by atomic mass is 10.0. The average molecular weight is 366 g/mol. The van der Waals surface area contributed by atoms with Gasteiger partial charge in [-0.1, -0.05) is 17.3 Å². The van der Waals surface area contributed by atoms with E-state index in [1.54, 1.807) is 6.08 Å². The molecule has 25 heavy (non-hydrogen) atoms. The molecule has 0 saturated carbocycles. The van der Waals surface area contributed by atoms with E-state index in [-0.39, 0.29) is 11.3 Å². The molecule has 2 aromatic rings. The molecular formula is C17H13F3N2O2S. The van der Waals surface area contributed by atoms with Gasteiger partial charge in [-0.3, -0.25) is 0 Å². The Balaban J connectivity index is 1.92. The molecule has 8 heteroatoms. The summed E-state index contributed by atoms with van der Waals surface area (Å²) in [6.45, 7) is 0. The molecule has 0 saturated heterocycles. The van der Waals surface area contributed by atoms with Gasteiger partial charge in [-0.05, 0) is 30.3 Å². The van der Waals surface area contributed by atoms with Crippen molar-refractivity contribution in [2.24, 2.45) is 5.16 Å². The fourth-order valence-electron chi connectivity index (χ4n) is 2.24. The van der Waals surface area contributed by atoms with Gasteiger partial charge in [0.15, 0.2) is 0 Å². The molecule has 130 valence electrons. The molecule has 0 unspecified atom stereocenters. The molecule has 3 rings (SSSR count). The normalized spacial score (nSPS) is 16.1. The second kappa shape index (κ2) is 6.36. The van der Waals surface area contributed by atoms with Crippen LogP contribution in [-0.2, 0) is 15.8 Å². The molecule has 2 heterocycles. The quantitative estimate of drug-likeness (QED) is 0.605. The Hall–Kier alpha value is -2.61. The van der Waals surface area contributed by atoms with Gasteiger partial charge in [0, 0.05) is 24.5 Å². The van der Waals surface area contributed by atoms with Crippen molar-refractivity contribution in [3.8, 4) is 0 Å². The first-order valence-corrected chi connectivity index (χ1v) is 8.03. The third kappa shape index (κ3) is 3.58. The third-order valence-corrected chi connectivity index (χ3v) is 4.72. The number of hydrogen-bond donors (Lipinski definition) is 0. The molecule has 1 aromatic heterocycles. The number of halogens is 3. The first-order chi connectivity index (χ1) is 11.8. The second-order valence-corrected chi connectivity index (χ2v) is 6.62. The van der Waals surface area contributed by atoms with Crippen LogP contribution in [0.5, 0.6) is 0 Å². The zero-order valence-electron chi connectivity index (χ0n) is 13.3. The van der Waals surface area contributed by atoms with Crippen LogP contribution < -0.4 is 4.90 Å². The molecule has 0 aliphatic carbocycles. The molecule has 1 aliphatic heterocycles. The predicted octanol–water partition coefficient (Wildman–Crippen LogP) is 4.18. The number of carbonyl (C=O) groups excluding carboxylic acids is 1. The summed E-state index contributed by atoms with van der Waals surface area (Å²) in [5.74, 6) is -0.630. The summed E-state index contributed by atoms with van der Waals surface area (Å²) in [6, 6.07) is 8.21. The lowest BCUT2D eigenvalue weighted by Gasteiger charge is -2.07. The zero-order chi connectivity index (χ0) is 18.2. The van der Waals surface area contributed by atoms with E-state index in [9.17, 15) is 18.0 Å². The van der Waals surface area contributed by atoms with Crippen LogP contribution in [0.1, 0.15) is 16.0 Å².